The number of amides is 1. The molecule has 5 heteroatoms. The van der Waals surface area contributed by atoms with E-state index in [9.17, 15) is 4.79 Å². The summed E-state index contributed by atoms with van der Waals surface area (Å²) in [5.41, 5.74) is 1.27. The van der Waals surface area contributed by atoms with Crippen LogP contribution in [0.1, 0.15) is 18.2 Å². The fourth-order valence-electron chi connectivity index (χ4n) is 1.47. The second-order valence-corrected chi connectivity index (χ2v) is 3.60. The quantitative estimate of drug-likeness (QED) is 0.803. The fourth-order valence-corrected chi connectivity index (χ4v) is 1.47. The predicted octanol–water partition coefficient (Wildman–Crippen LogP) is 0.521. The van der Waals surface area contributed by atoms with Crippen molar-refractivity contribution in [2.75, 3.05) is 20.1 Å². The molecule has 0 radical (unpaired) electrons. The van der Waals surface area contributed by atoms with Crippen LogP contribution in [0.15, 0.2) is 18.3 Å². The lowest BCUT2D eigenvalue weighted by Gasteiger charge is -2.19. The topological polar surface area (TPSA) is 69.0 Å². The highest BCUT2D eigenvalue weighted by Gasteiger charge is 2.10. The number of carbonyl (C=O) groups excluding carboxylic acids is 1. The maximum absolute atomic E-state index is 11.3. The van der Waals surface area contributed by atoms with Crippen LogP contribution >= 0.6 is 0 Å². The van der Waals surface area contributed by atoms with Crippen molar-refractivity contribution in [3.63, 3.8) is 0 Å². The van der Waals surface area contributed by atoms with Crippen LogP contribution in [0, 0.1) is 11.3 Å². The summed E-state index contributed by atoms with van der Waals surface area (Å²) >= 11 is 0. The van der Waals surface area contributed by atoms with Gasteiger partial charge in [0.2, 0.25) is 5.91 Å². The van der Waals surface area contributed by atoms with Crippen LogP contribution in [0.2, 0.25) is 0 Å². The third-order valence-electron chi connectivity index (χ3n) is 2.48. The summed E-state index contributed by atoms with van der Waals surface area (Å²) in [4.78, 5) is 17.2. The average Bonchev–Trinajstić information content (AvgIpc) is 2.38. The Bertz CT molecular complexity index is 425. The van der Waals surface area contributed by atoms with Crippen molar-refractivity contribution in [2.24, 2.45) is 0 Å². The highest BCUT2D eigenvalue weighted by Crippen LogP contribution is 2.07. The van der Waals surface area contributed by atoms with Gasteiger partial charge in [-0.3, -0.25) is 9.69 Å². The van der Waals surface area contributed by atoms with E-state index in [0.717, 1.165) is 12.1 Å². The van der Waals surface area contributed by atoms with E-state index in [0.29, 0.717) is 18.8 Å². The summed E-state index contributed by atoms with van der Waals surface area (Å²) in [7, 11) is 1.61. The molecule has 0 spiro atoms. The summed E-state index contributed by atoms with van der Waals surface area (Å²) in [5, 5.41) is 11.5. The zero-order chi connectivity index (χ0) is 12.7. The number of nitrogens with one attached hydrogen (secondary N) is 1. The van der Waals surface area contributed by atoms with E-state index in [4.69, 9.17) is 5.26 Å². The SMILES string of the molecule is CCN(CC(=O)NC)Cc1cccnc1C#N. The van der Waals surface area contributed by atoms with Crippen molar-refractivity contribution in [2.45, 2.75) is 13.5 Å². The minimum atomic E-state index is -0.0331. The normalized spacial score (nSPS) is 10.0. The van der Waals surface area contributed by atoms with Crippen molar-refractivity contribution >= 4 is 5.91 Å². The molecular formula is C12H16N4O. The van der Waals surface area contributed by atoms with Gasteiger partial charge in [-0.25, -0.2) is 4.98 Å². The Morgan fingerprint density at radius 2 is 2.41 bits per heavy atom. The molecule has 1 N–H and O–H groups in total. The van der Waals surface area contributed by atoms with Crippen LogP contribution in [0.4, 0.5) is 0 Å². The van der Waals surface area contributed by atoms with Gasteiger partial charge in [0.1, 0.15) is 11.8 Å². The number of nitrogens with zero attached hydrogens (tertiary/aromatic N) is 3. The van der Waals surface area contributed by atoms with Gasteiger partial charge in [0.05, 0.1) is 6.54 Å². The maximum atomic E-state index is 11.3. The molecule has 0 aromatic carbocycles. The monoisotopic (exact) mass is 232 g/mol. The van der Waals surface area contributed by atoms with Crippen LogP contribution in [-0.4, -0.2) is 35.9 Å². The second kappa shape index (κ2) is 6.61. The first-order chi connectivity index (χ1) is 8.21. The highest BCUT2D eigenvalue weighted by molar-refractivity contribution is 5.77. The molecule has 1 aromatic heterocycles. The first kappa shape index (κ1) is 13.1. The third-order valence-corrected chi connectivity index (χ3v) is 2.48. The van der Waals surface area contributed by atoms with Crippen LogP contribution in [-0.2, 0) is 11.3 Å². The van der Waals surface area contributed by atoms with E-state index in [1.807, 2.05) is 17.9 Å². The van der Waals surface area contributed by atoms with Crippen LogP contribution in [0.5, 0.6) is 0 Å². The molecule has 90 valence electrons. The molecular weight excluding hydrogens is 216 g/mol. The molecule has 0 saturated heterocycles. The van der Waals surface area contributed by atoms with E-state index in [1.54, 1.807) is 19.3 Å². The van der Waals surface area contributed by atoms with Gasteiger partial charge in [0.15, 0.2) is 0 Å². The average molecular weight is 232 g/mol. The minimum Gasteiger partial charge on any atom is -0.358 e. The van der Waals surface area contributed by atoms with Crippen molar-refractivity contribution in [1.82, 2.24) is 15.2 Å². The van der Waals surface area contributed by atoms with Gasteiger partial charge in [0, 0.05) is 25.4 Å². The number of rotatable bonds is 5. The molecule has 1 rings (SSSR count). The zero-order valence-corrected chi connectivity index (χ0v) is 10.1. The molecule has 1 amide bonds. The molecule has 0 saturated carbocycles. The summed E-state index contributed by atoms with van der Waals surface area (Å²) in [6.07, 6.45) is 1.59. The molecule has 0 aliphatic carbocycles. The minimum absolute atomic E-state index is 0.0331. The Kier molecular flexibility index (Phi) is 5.11. The first-order valence-corrected chi connectivity index (χ1v) is 5.48. The number of carbonyl (C=O) groups is 1. The Hall–Kier alpha value is -1.93. The van der Waals surface area contributed by atoms with Gasteiger partial charge >= 0.3 is 0 Å². The standard InChI is InChI=1S/C12H16N4O/c1-3-16(9-12(17)14-2)8-10-5-4-6-15-11(10)7-13/h4-6H,3,8-9H2,1-2H3,(H,14,17). The van der Waals surface area contributed by atoms with Crippen LogP contribution in [0.3, 0.4) is 0 Å². The Labute approximate surface area is 101 Å². The van der Waals surface area contributed by atoms with Crippen molar-refractivity contribution in [3.8, 4) is 6.07 Å². The lowest BCUT2D eigenvalue weighted by atomic mass is 10.2. The van der Waals surface area contributed by atoms with Gasteiger partial charge in [-0.15, -0.1) is 0 Å². The van der Waals surface area contributed by atoms with Crippen LogP contribution < -0.4 is 5.32 Å². The fraction of sp³-hybridized carbons (Fsp3) is 0.417. The molecule has 0 unspecified atom stereocenters. The van der Waals surface area contributed by atoms with E-state index in [1.165, 1.54) is 0 Å². The van der Waals surface area contributed by atoms with Gasteiger partial charge in [-0.2, -0.15) is 5.26 Å². The van der Waals surface area contributed by atoms with Gasteiger partial charge in [-0.1, -0.05) is 13.0 Å². The number of likely N-dealkylation sites (N-methyl/N-ethyl adjacent to an activating group) is 2. The van der Waals surface area contributed by atoms with E-state index >= 15 is 0 Å². The van der Waals surface area contributed by atoms with Crippen molar-refractivity contribution in [1.29, 1.82) is 5.26 Å². The third kappa shape index (κ3) is 3.85. The lowest BCUT2D eigenvalue weighted by Crippen LogP contribution is -2.35. The molecule has 1 heterocycles. The van der Waals surface area contributed by atoms with E-state index < -0.39 is 0 Å². The summed E-state index contributed by atoms with van der Waals surface area (Å²) < 4.78 is 0. The highest BCUT2D eigenvalue weighted by atomic mass is 16.1. The van der Waals surface area contributed by atoms with Crippen molar-refractivity contribution in [3.05, 3.63) is 29.6 Å². The van der Waals surface area contributed by atoms with E-state index in [-0.39, 0.29) is 5.91 Å². The summed E-state index contributed by atoms with van der Waals surface area (Å²) in [6.45, 7) is 3.60. The Balaban J connectivity index is 2.74. The molecule has 5 nitrogen and oxygen atoms in total. The molecule has 0 aliphatic rings. The van der Waals surface area contributed by atoms with Gasteiger partial charge < -0.3 is 5.32 Å². The molecule has 1 aromatic rings. The molecule has 0 aliphatic heterocycles. The molecule has 0 bridgehead atoms. The Morgan fingerprint density at radius 3 is 3.00 bits per heavy atom. The summed E-state index contributed by atoms with van der Waals surface area (Å²) in [6, 6.07) is 5.71. The van der Waals surface area contributed by atoms with Gasteiger partial charge in [-0.05, 0) is 12.6 Å². The number of pyridine rings is 1. The zero-order valence-electron chi connectivity index (χ0n) is 10.1. The van der Waals surface area contributed by atoms with Gasteiger partial charge in [0.25, 0.3) is 0 Å². The second-order valence-electron chi connectivity index (χ2n) is 3.60. The molecule has 0 fully saturated rings. The number of hydrogen-bond donors (Lipinski definition) is 1. The lowest BCUT2D eigenvalue weighted by molar-refractivity contribution is -0.121. The molecule has 17 heavy (non-hydrogen) atoms. The number of aromatic nitrogens is 1. The predicted molar refractivity (Wildman–Crippen MR) is 64.0 cm³/mol. The molecule has 0 atom stereocenters. The smallest absolute Gasteiger partial charge is 0.233 e. The Morgan fingerprint density at radius 1 is 1.65 bits per heavy atom. The van der Waals surface area contributed by atoms with E-state index in [2.05, 4.69) is 16.4 Å². The maximum Gasteiger partial charge on any atom is 0.233 e. The number of hydrogen-bond acceptors (Lipinski definition) is 4. The summed E-state index contributed by atoms with van der Waals surface area (Å²) in [5.74, 6) is -0.0331. The van der Waals surface area contributed by atoms with Crippen LogP contribution in [0.25, 0.3) is 0 Å². The van der Waals surface area contributed by atoms with Crippen molar-refractivity contribution < 1.29 is 4.79 Å². The first-order valence-electron chi connectivity index (χ1n) is 5.48. The largest absolute Gasteiger partial charge is 0.358 e. The number of nitriles is 1.